The molecule has 0 atom stereocenters. The molecule has 1 aromatic heterocycles. The molecule has 0 aliphatic rings. The van der Waals surface area contributed by atoms with Gasteiger partial charge in [0.05, 0.1) is 0 Å². The van der Waals surface area contributed by atoms with Crippen LogP contribution in [0.3, 0.4) is 0 Å². The van der Waals surface area contributed by atoms with Gasteiger partial charge in [0.25, 0.3) is 0 Å². The number of aryl methyl sites for hydroxylation is 1. The van der Waals surface area contributed by atoms with Crippen molar-refractivity contribution in [3.63, 3.8) is 0 Å². The average Bonchev–Trinajstić information content (AvgIpc) is 2.77. The smallest absolute Gasteiger partial charge is 0.185 e. The van der Waals surface area contributed by atoms with Gasteiger partial charge in [0, 0.05) is 25.3 Å². The Morgan fingerprint density at radius 2 is 1.94 bits per heavy atom. The van der Waals surface area contributed by atoms with Crippen LogP contribution in [0.2, 0.25) is 0 Å². The molecule has 88 valence electrons. The number of hydrogen-bond donors (Lipinski definition) is 0. The number of carbonyl (C=O) groups is 1. The summed E-state index contributed by atoms with van der Waals surface area (Å²) in [4.78, 5) is 12.6. The van der Waals surface area contributed by atoms with Gasteiger partial charge in [-0.3, -0.25) is 4.79 Å². The van der Waals surface area contributed by atoms with Crippen LogP contribution < -0.4 is 4.90 Å². The van der Waals surface area contributed by atoms with Crippen molar-refractivity contribution in [1.29, 1.82) is 0 Å². The SMILES string of the molecule is Cc1ccc(N(C)C)cc1-c1ccc(C=O)o1. The zero-order chi connectivity index (χ0) is 12.4. The van der Waals surface area contributed by atoms with E-state index in [0.717, 1.165) is 22.6 Å². The van der Waals surface area contributed by atoms with E-state index in [0.29, 0.717) is 12.0 Å². The van der Waals surface area contributed by atoms with Crippen LogP contribution >= 0.6 is 0 Å². The summed E-state index contributed by atoms with van der Waals surface area (Å²) in [5.41, 5.74) is 3.25. The van der Waals surface area contributed by atoms with Crippen molar-refractivity contribution in [3.05, 3.63) is 41.7 Å². The molecule has 3 heteroatoms. The third-order valence-electron chi connectivity index (χ3n) is 2.75. The monoisotopic (exact) mass is 229 g/mol. The maximum Gasteiger partial charge on any atom is 0.185 e. The predicted octanol–water partition coefficient (Wildman–Crippen LogP) is 3.13. The molecule has 0 N–H and O–H groups in total. The molecule has 0 bridgehead atoms. The van der Waals surface area contributed by atoms with E-state index in [4.69, 9.17) is 4.42 Å². The van der Waals surface area contributed by atoms with Gasteiger partial charge in [0.1, 0.15) is 5.76 Å². The third kappa shape index (κ3) is 2.23. The van der Waals surface area contributed by atoms with Gasteiger partial charge < -0.3 is 9.32 Å². The summed E-state index contributed by atoms with van der Waals surface area (Å²) >= 11 is 0. The first-order valence-electron chi connectivity index (χ1n) is 5.45. The van der Waals surface area contributed by atoms with Gasteiger partial charge in [0.2, 0.25) is 0 Å². The molecule has 0 spiro atoms. The molecule has 1 aromatic carbocycles. The number of benzene rings is 1. The Morgan fingerprint density at radius 1 is 1.18 bits per heavy atom. The Kier molecular flexibility index (Phi) is 3.00. The minimum atomic E-state index is 0.356. The molecule has 2 rings (SSSR count). The van der Waals surface area contributed by atoms with Crippen LogP contribution in [0, 0.1) is 6.92 Å². The molecule has 3 nitrogen and oxygen atoms in total. The average molecular weight is 229 g/mol. The molecule has 0 unspecified atom stereocenters. The van der Waals surface area contributed by atoms with Crippen molar-refractivity contribution in [2.24, 2.45) is 0 Å². The normalized spacial score (nSPS) is 10.3. The minimum absolute atomic E-state index is 0.356. The Balaban J connectivity index is 2.49. The Hall–Kier alpha value is -2.03. The number of carbonyl (C=O) groups excluding carboxylic acids is 1. The van der Waals surface area contributed by atoms with E-state index in [1.165, 1.54) is 0 Å². The highest BCUT2D eigenvalue weighted by atomic mass is 16.3. The first-order valence-corrected chi connectivity index (χ1v) is 5.45. The van der Waals surface area contributed by atoms with Crippen LogP contribution in [0.25, 0.3) is 11.3 Å². The summed E-state index contributed by atoms with van der Waals surface area (Å²) < 4.78 is 5.45. The van der Waals surface area contributed by atoms with Crippen molar-refractivity contribution in [3.8, 4) is 11.3 Å². The van der Waals surface area contributed by atoms with E-state index < -0.39 is 0 Å². The van der Waals surface area contributed by atoms with Crippen LogP contribution in [0.5, 0.6) is 0 Å². The highest BCUT2D eigenvalue weighted by Crippen LogP contribution is 2.28. The number of rotatable bonds is 3. The second kappa shape index (κ2) is 4.45. The molecule has 0 saturated carbocycles. The van der Waals surface area contributed by atoms with Crippen molar-refractivity contribution in [2.45, 2.75) is 6.92 Å². The number of anilines is 1. The molecule has 0 radical (unpaired) electrons. The van der Waals surface area contributed by atoms with Crippen LogP contribution in [0.1, 0.15) is 16.1 Å². The number of nitrogens with zero attached hydrogens (tertiary/aromatic N) is 1. The lowest BCUT2D eigenvalue weighted by molar-refractivity contribution is 0.110. The van der Waals surface area contributed by atoms with Crippen LogP contribution in [0.15, 0.2) is 34.7 Å². The van der Waals surface area contributed by atoms with Gasteiger partial charge >= 0.3 is 0 Å². The maximum atomic E-state index is 10.6. The van der Waals surface area contributed by atoms with Gasteiger partial charge in [-0.2, -0.15) is 0 Å². The van der Waals surface area contributed by atoms with Gasteiger partial charge in [-0.1, -0.05) is 6.07 Å². The van der Waals surface area contributed by atoms with Crippen molar-refractivity contribution in [2.75, 3.05) is 19.0 Å². The van der Waals surface area contributed by atoms with Gasteiger partial charge in [-0.05, 0) is 36.8 Å². The van der Waals surface area contributed by atoms with E-state index in [1.54, 1.807) is 6.07 Å². The van der Waals surface area contributed by atoms with E-state index in [2.05, 4.69) is 12.1 Å². The minimum Gasteiger partial charge on any atom is -0.453 e. The maximum absolute atomic E-state index is 10.6. The number of furan rings is 1. The van der Waals surface area contributed by atoms with Gasteiger partial charge in [-0.15, -0.1) is 0 Å². The third-order valence-corrected chi connectivity index (χ3v) is 2.75. The Labute approximate surface area is 101 Å². The molecule has 0 aliphatic heterocycles. The lowest BCUT2D eigenvalue weighted by atomic mass is 10.1. The van der Waals surface area contributed by atoms with Crippen molar-refractivity contribution >= 4 is 12.0 Å². The molecular formula is C14H15NO2. The summed E-state index contributed by atoms with van der Waals surface area (Å²) in [6, 6.07) is 9.68. The molecule has 17 heavy (non-hydrogen) atoms. The first kappa shape index (κ1) is 11.5. The number of hydrogen-bond acceptors (Lipinski definition) is 3. The summed E-state index contributed by atoms with van der Waals surface area (Å²) in [7, 11) is 3.99. The highest BCUT2D eigenvalue weighted by molar-refractivity contribution is 5.74. The summed E-state index contributed by atoms with van der Waals surface area (Å²) in [6.45, 7) is 2.03. The fourth-order valence-electron chi connectivity index (χ4n) is 1.71. The molecule has 0 fully saturated rings. The summed E-state index contributed by atoms with van der Waals surface area (Å²) in [6.07, 6.45) is 0.717. The van der Waals surface area contributed by atoms with E-state index in [9.17, 15) is 4.79 Å². The lowest BCUT2D eigenvalue weighted by Crippen LogP contribution is -2.08. The first-order chi connectivity index (χ1) is 8.11. The van der Waals surface area contributed by atoms with Gasteiger partial charge in [0.15, 0.2) is 12.0 Å². The Bertz CT molecular complexity index is 541. The highest BCUT2D eigenvalue weighted by Gasteiger charge is 2.08. The Morgan fingerprint density at radius 3 is 2.53 bits per heavy atom. The largest absolute Gasteiger partial charge is 0.453 e. The van der Waals surface area contributed by atoms with Crippen LogP contribution in [-0.2, 0) is 0 Å². The zero-order valence-electron chi connectivity index (χ0n) is 10.2. The molecule has 0 saturated heterocycles. The molecular weight excluding hydrogens is 214 g/mol. The van der Waals surface area contributed by atoms with Gasteiger partial charge in [-0.25, -0.2) is 0 Å². The molecule has 0 amide bonds. The zero-order valence-corrected chi connectivity index (χ0v) is 10.2. The van der Waals surface area contributed by atoms with Crippen molar-refractivity contribution < 1.29 is 9.21 Å². The molecule has 0 aliphatic carbocycles. The van der Waals surface area contributed by atoms with E-state index in [-0.39, 0.29) is 0 Å². The number of aldehydes is 1. The van der Waals surface area contributed by atoms with Crippen molar-refractivity contribution in [1.82, 2.24) is 0 Å². The molecule has 1 heterocycles. The van der Waals surface area contributed by atoms with Crippen LogP contribution in [0.4, 0.5) is 5.69 Å². The predicted molar refractivity (Wildman–Crippen MR) is 68.6 cm³/mol. The summed E-state index contributed by atoms with van der Waals surface area (Å²) in [5.74, 6) is 1.09. The van der Waals surface area contributed by atoms with E-state index in [1.807, 2.05) is 38.1 Å². The second-order valence-electron chi connectivity index (χ2n) is 4.21. The van der Waals surface area contributed by atoms with Crippen LogP contribution in [-0.4, -0.2) is 20.4 Å². The summed E-state index contributed by atoms with van der Waals surface area (Å²) in [5, 5.41) is 0. The topological polar surface area (TPSA) is 33.5 Å². The standard InChI is InChI=1S/C14H15NO2/c1-10-4-5-11(15(2)3)8-13(10)14-7-6-12(9-16)17-14/h4-9H,1-3H3. The molecule has 2 aromatic rings. The van der Waals surface area contributed by atoms with E-state index >= 15 is 0 Å². The lowest BCUT2D eigenvalue weighted by Gasteiger charge is -2.14. The fraction of sp³-hybridized carbons (Fsp3) is 0.214. The second-order valence-corrected chi connectivity index (χ2v) is 4.21. The quantitative estimate of drug-likeness (QED) is 0.758. The fourth-order valence-corrected chi connectivity index (χ4v) is 1.71.